The first-order chi connectivity index (χ1) is 9.79. The molecule has 1 aromatic carbocycles. The monoisotopic (exact) mass is 287 g/mol. The lowest BCUT2D eigenvalue weighted by molar-refractivity contribution is 0.537. The van der Waals surface area contributed by atoms with Crippen molar-refractivity contribution in [1.29, 1.82) is 0 Å². The molecule has 0 bridgehead atoms. The molecule has 0 aliphatic carbocycles. The van der Waals surface area contributed by atoms with Crippen LogP contribution in [0.2, 0.25) is 0 Å². The van der Waals surface area contributed by atoms with Crippen molar-refractivity contribution in [1.82, 2.24) is 24.5 Å². The normalized spacial score (nSPS) is 12.9. The number of imidazole rings is 1. The van der Waals surface area contributed by atoms with E-state index in [1.807, 2.05) is 18.3 Å². The second kappa shape index (κ2) is 5.68. The molecule has 0 radical (unpaired) electrons. The number of hydrogen-bond acceptors (Lipinski definition) is 5. The van der Waals surface area contributed by atoms with Gasteiger partial charge in [-0.3, -0.25) is 0 Å². The zero-order valence-corrected chi connectivity index (χ0v) is 12.4. The van der Waals surface area contributed by atoms with Gasteiger partial charge in [0.05, 0.1) is 28.1 Å². The number of hydrogen-bond donors (Lipinski definition) is 1. The van der Waals surface area contributed by atoms with Crippen molar-refractivity contribution in [3.63, 3.8) is 0 Å². The van der Waals surface area contributed by atoms with Crippen molar-refractivity contribution in [3.05, 3.63) is 41.2 Å². The molecule has 1 atom stereocenters. The van der Waals surface area contributed by atoms with E-state index in [9.17, 15) is 0 Å². The highest BCUT2D eigenvalue weighted by Gasteiger charge is 2.17. The highest BCUT2D eigenvalue weighted by atomic mass is 32.1. The minimum atomic E-state index is 0.218. The van der Waals surface area contributed by atoms with Crippen LogP contribution in [0.15, 0.2) is 30.5 Å². The Morgan fingerprint density at radius 2 is 2.20 bits per heavy atom. The molecule has 104 valence electrons. The van der Waals surface area contributed by atoms with Gasteiger partial charge in [0.2, 0.25) is 0 Å². The molecule has 0 fully saturated rings. The Labute approximate surface area is 121 Å². The lowest BCUT2D eigenvalue weighted by Crippen LogP contribution is -2.23. The lowest BCUT2D eigenvalue weighted by Gasteiger charge is -2.15. The Bertz CT molecular complexity index is 689. The van der Waals surface area contributed by atoms with E-state index in [2.05, 4.69) is 45.6 Å². The van der Waals surface area contributed by atoms with Gasteiger partial charge in [0.1, 0.15) is 5.82 Å². The van der Waals surface area contributed by atoms with Gasteiger partial charge in [-0.05, 0) is 30.2 Å². The van der Waals surface area contributed by atoms with Crippen LogP contribution in [0.5, 0.6) is 0 Å². The summed E-state index contributed by atoms with van der Waals surface area (Å²) in [5.74, 6) is 1.07. The SMILES string of the molecule is CCNC(Cc1nc2ccccc2n1C)c1cnns1. The number of benzene rings is 1. The number of nitrogens with one attached hydrogen (secondary N) is 1. The van der Waals surface area contributed by atoms with Crippen LogP contribution in [0.3, 0.4) is 0 Å². The molecule has 3 rings (SSSR count). The summed E-state index contributed by atoms with van der Waals surface area (Å²) in [6.07, 6.45) is 2.67. The first kappa shape index (κ1) is 13.2. The molecule has 3 aromatic rings. The topological polar surface area (TPSA) is 55.6 Å². The van der Waals surface area contributed by atoms with Crippen LogP contribution < -0.4 is 5.32 Å². The molecule has 5 nitrogen and oxygen atoms in total. The quantitative estimate of drug-likeness (QED) is 0.782. The van der Waals surface area contributed by atoms with Crippen molar-refractivity contribution in [2.75, 3.05) is 6.54 Å². The van der Waals surface area contributed by atoms with E-state index in [1.54, 1.807) is 0 Å². The average Bonchev–Trinajstić information content (AvgIpc) is 3.08. The van der Waals surface area contributed by atoms with E-state index in [0.29, 0.717) is 0 Å². The van der Waals surface area contributed by atoms with Gasteiger partial charge in [0.15, 0.2) is 0 Å². The van der Waals surface area contributed by atoms with Gasteiger partial charge < -0.3 is 9.88 Å². The molecule has 0 saturated carbocycles. The van der Waals surface area contributed by atoms with Crippen molar-refractivity contribution in [2.45, 2.75) is 19.4 Å². The number of likely N-dealkylation sites (N-methyl/N-ethyl adjacent to an activating group) is 1. The molecule has 1 N–H and O–H groups in total. The van der Waals surface area contributed by atoms with Gasteiger partial charge in [-0.2, -0.15) is 0 Å². The summed E-state index contributed by atoms with van der Waals surface area (Å²) in [6, 6.07) is 8.43. The van der Waals surface area contributed by atoms with Crippen LogP contribution in [-0.4, -0.2) is 25.7 Å². The summed E-state index contributed by atoms with van der Waals surface area (Å²) in [5, 5.41) is 7.42. The van der Waals surface area contributed by atoms with Gasteiger partial charge in [0.25, 0.3) is 0 Å². The summed E-state index contributed by atoms with van der Waals surface area (Å²) in [7, 11) is 2.07. The third-order valence-corrected chi connectivity index (χ3v) is 4.22. The molecule has 2 heterocycles. The predicted octanol–water partition coefficient (Wildman–Crippen LogP) is 2.32. The van der Waals surface area contributed by atoms with Gasteiger partial charge in [-0.1, -0.05) is 23.5 Å². The van der Waals surface area contributed by atoms with Crippen molar-refractivity contribution >= 4 is 22.6 Å². The number of para-hydroxylation sites is 2. The summed E-state index contributed by atoms with van der Waals surface area (Å²) < 4.78 is 6.12. The largest absolute Gasteiger partial charge is 0.331 e. The van der Waals surface area contributed by atoms with Crippen LogP contribution in [0.1, 0.15) is 23.7 Å². The fourth-order valence-electron chi connectivity index (χ4n) is 2.41. The van der Waals surface area contributed by atoms with Crippen LogP contribution in [0, 0.1) is 0 Å². The van der Waals surface area contributed by atoms with Gasteiger partial charge in [-0.25, -0.2) is 4.98 Å². The third kappa shape index (κ3) is 2.44. The maximum Gasteiger partial charge on any atom is 0.111 e. The van der Waals surface area contributed by atoms with Crippen molar-refractivity contribution in [3.8, 4) is 0 Å². The van der Waals surface area contributed by atoms with Crippen molar-refractivity contribution in [2.24, 2.45) is 7.05 Å². The summed E-state index contributed by atoms with van der Waals surface area (Å²) in [6.45, 7) is 3.02. The van der Waals surface area contributed by atoms with E-state index in [4.69, 9.17) is 4.98 Å². The van der Waals surface area contributed by atoms with Crippen LogP contribution in [0.4, 0.5) is 0 Å². The minimum absolute atomic E-state index is 0.218. The molecule has 6 heteroatoms. The fourth-order valence-corrected chi connectivity index (χ4v) is 2.99. The Balaban J connectivity index is 1.92. The summed E-state index contributed by atoms with van der Waals surface area (Å²) >= 11 is 1.44. The second-order valence-corrected chi connectivity index (χ2v) is 5.53. The molecule has 0 spiro atoms. The zero-order valence-electron chi connectivity index (χ0n) is 11.6. The molecule has 0 aliphatic rings. The molecular formula is C14H17N5S. The summed E-state index contributed by atoms with van der Waals surface area (Å²) in [4.78, 5) is 5.88. The van der Waals surface area contributed by atoms with E-state index >= 15 is 0 Å². The van der Waals surface area contributed by atoms with E-state index in [0.717, 1.165) is 29.2 Å². The molecular weight excluding hydrogens is 270 g/mol. The molecule has 0 amide bonds. The van der Waals surface area contributed by atoms with E-state index in [1.165, 1.54) is 17.0 Å². The number of aromatic nitrogens is 4. The zero-order chi connectivity index (χ0) is 13.9. The third-order valence-electron chi connectivity index (χ3n) is 3.44. The molecule has 0 aliphatic heterocycles. The Morgan fingerprint density at radius 3 is 2.90 bits per heavy atom. The predicted molar refractivity (Wildman–Crippen MR) is 80.7 cm³/mol. The maximum absolute atomic E-state index is 4.73. The summed E-state index contributed by atoms with van der Waals surface area (Å²) in [5.41, 5.74) is 2.21. The number of fused-ring (bicyclic) bond motifs is 1. The minimum Gasteiger partial charge on any atom is -0.331 e. The Kier molecular flexibility index (Phi) is 3.75. The molecule has 1 unspecified atom stereocenters. The molecule has 0 saturated heterocycles. The van der Waals surface area contributed by atoms with Gasteiger partial charge in [-0.15, -0.1) is 5.10 Å². The smallest absolute Gasteiger partial charge is 0.111 e. The maximum atomic E-state index is 4.73. The second-order valence-electron chi connectivity index (χ2n) is 4.71. The van der Waals surface area contributed by atoms with Crippen molar-refractivity contribution < 1.29 is 0 Å². The standard InChI is InChI=1S/C14H17N5S/c1-3-15-11(13-9-16-18-20-13)8-14-17-10-6-4-5-7-12(10)19(14)2/h4-7,9,11,15H,3,8H2,1-2H3. The van der Waals surface area contributed by atoms with Crippen LogP contribution in [0.25, 0.3) is 11.0 Å². The van der Waals surface area contributed by atoms with Gasteiger partial charge in [0, 0.05) is 13.5 Å². The van der Waals surface area contributed by atoms with E-state index in [-0.39, 0.29) is 6.04 Å². The lowest BCUT2D eigenvalue weighted by atomic mass is 10.1. The number of rotatable bonds is 5. The highest BCUT2D eigenvalue weighted by Crippen LogP contribution is 2.22. The molecule has 20 heavy (non-hydrogen) atoms. The Hall–Kier alpha value is -1.79. The first-order valence-corrected chi connectivity index (χ1v) is 7.48. The van der Waals surface area contributed by atoms with E-state index < -0.39 is 0 Å². The first-order valence-electron chi connectivity index (χ1n) is 6.70. The molecule has 2 aromatic heterocycles. The highest BCUT2D eigenvalue weighted by molar-refractivity contribution is 7.05. The number of nitrogens with zero attached hydrogens (tertiary/aromatic N) is 4. The Morgan fingerprint density at radius 1 is 1.35 bits per heavy atom. The van der Waals surface area contributed by atoms with Gasteiger partial charge >= 0.3 is 0 Å². The fraction of sp³-hybridized carbons (Fsp3) is 0.357. The number of aryl methyl sites for hydroxylation is 1. The van der Waals surface area contributed by atoms with Crippen LogP contribution >= 0.6 is 11.5 Å². The van der Waals surface area contributed by atoms with Crippen LogP contribution in [-0.2, 0) is 13.5 Å². The average molecular weight is 287 g/mol.